The van der Waals surface area contributed by atoms with Gasteiger partial charge in [0.1, 0.15) is 0 Å². The maximum absolute atomic E-state index is 5.16. The van der Waals surface area contributed by atoms with Gasteiger partial charge in [0.2, 0.25) is 11.9 Å². The van der Waals surface area contributed by atoms with E-state index in [1.54, 1.807) is 0 Å². The summed E-state index contributed by atoms with van der Waals surface area (Å²) in [5.74, 6) is 8.62. The van der Waals surface area contributed by atoms with Gasteiger partial charge >= 0.3 is 0 Å². The number of benzene rings is 3. The number of anilines is 4. The number of hydrogen-bond acceptors (Lipinski definition) is 11. The largest absolute Gasteiger partial charge is 0.324 e. The molecule has 0 aliphatic rings. The highest BCUT2D eigenvalue weighted by molar-refractivity contribution is 8.04. The molecule has 0 fully saturated rings. The van der Waals surface area contributed by atoms with E-state index in [2.05, 4.69) is 106 Å². The van der Waals surface area contributed by atoms with Crippen molar-refractivity contribution in [3.63, 3.8) is 0 Å². The first-order valence-corrected chi connectivity index (χ1v) is 32.8. The van der Waals surface area contributed by atoms with Crippen LogP contribution in [0.4, 0.5) is 23.3 Å². The molecule has 2 N–H and O–H groups in total. The third-order valence-electron chi connectivity index (χ3n) is 11.7. The summed E-state index contributed by atoms with van der Waals surface area (Å²) in [5, 5.41) is 7.51. The molecule has 0 spiro atoms. The van der Waals surface area contributed by atoms with E-state index >= 15 is 0 Å². The topological polar surface area (TPSA) is 62.7 Å². The Bertz CT molecular complexity index is 1730. The Balaban J connectivity index is 1.76. The molecule has 3 aromatic carbocycles. The van der Waals surface area contributed by atoms with Crippen LogP contribution >= 0.6 is 70.6 Å². The second-order valence-corrected chi connectivity index (χ2v) is 24.7. The van der Waals surface area contributed by atoms with Crippen molar-refractivity contribution in [1.82, 2.24) is 15.0 Å². The molecule has 1 radical (unpaired) electrons. The van der Waals surface area contributed by atoms with E-state index in [1.807, 2.05) is 71.3 Å². The number of thioether (sulfide) groups is 6. The molecule has 1 heterocycles. The highest BCUT2D eigenvalue weighted by atomic mass is 32.2. The van der Waals surface area contributed by atoms with E-state index in [-0.39, 0.29) is 0 Å². The van der Waals surface area contributed by atoms with Gasteiger partial charge in [0, 0.05) is 46.3 Å². The van der Waals surface area contributed by atoms with Crippen LogP contribution in [0.2, 0.25) is 0 Å². The zero-order valence-electron chi connectivity index (χ0n) is 43.1. The van der Waals surface area contributed by atoms with Crippen LogP contribution in [-0.2, 0) is 0 Å². The van der Waals surface area contributed by atoms with Crippen LogP contribution in [0.1, 0.15) is 196 Å². The maximum Gasteiger partial charge on any atom is 0.232 e. The molecule has 0 aliphatic carbocycles. The van der Waals surface area contributed by atoms with Crippen molar-refractivity contribution in [3.8, 4) is 11.4 Å². The summed E-state index contributed by atoms with van der Waals surface area (Å²) in [7, 11) is 0. The molecule has 0 unspecified atom stereocenters. The number of aromatic nitrogens is 3. The molecule has 377 valence electrons. The fourth-order valence-corrected chi connectivity index (χ4v) is 15.2. The first-order chi connectivity index (χ1) is 33.5. The van der Waals surface area contributed by atoms with Gasteiger partial charge in [0.25, 0.3) is 0 Å². The molecule has 68 heavy (non-hydrogen) atoms. The van der Waals surface area contributed by atoms with Crippen LogP contribution in [0.25, 0.3) is 11.4 Å². The van der Waals surface area contributed by atoms with E-state index < -0.39 is 0 Å². The highest BCUT2D eigenvalue weighted by Crippen LogP contribution is 2.44. The molecule has 0 bridgehead atoms. The molecule has 1 aromatic heterocycles. The molecule has 11 heteroatoms. The Hall–Kier alpha value is -1.63. The maximum atomic E-state index is 5.16. The number of unbranched alkanes of at least 4 members (excludes halogenated alkanes) is 18. The lowest BCUT2D eigenvalue weighted by molar-refractivity contribution is 0.705. The van der Waals surface area contributed by atoms with Gasteiger partial charge in [-0.2, -0.15) is 15.0 Å². The first kappa shape index (κ1) is 58.9. The standard InChI is InChI=1S/C57H88N5S6/c1-7-13-19-28-36-63-49-42-47(43-50(64-37-29-20-14-8-2)53(49)67-40-32-23-17-11-5)58-56-60-55(46-34-26-25-27-35-46)61-57(62-56)59-48-44-51(65-38-30-21-15-9-3)54(68-41-33-24-18-12-6)52(45-48)66-39-31-22-16-10-4/h26-27,34-35,42-45H,7-24,28-33,36-41H2,1-6H3,(H2,58,59,60,61,62). The number of hydrogen-bond donors (Lipinski definition) is 2. The second-order valence-electron chi connectivity index (χ2n) is 17.9. The lowest BCUT2D eigenvalue weighted by atomic mass is 10.2. The fourth-order valence-electron chi connectivity index (χ4n) is 7.67. The van der Waals surface area contributed by atoms with Gasteiger partial charge < -0.3 is 10.6 Å². The summed E-state index contributed by atoms with van der Waals surface area (Å²) >= 11 is 12.3. The van der Waals surface area contributed by atoms with Crippen LogP contribution in [0, 0.1) is 6.07 Å². The van der Waals surface area contributed by atoms with Crippen molar-refractivity contribution < 1.29 is 0 Å². The van der Waals surface area contributed by atoms with Gasteiger partial charge in [0.15, 0.2) is 5.82 Å². The van der Waals surface area contributed by atoms with Crippen molar-refractivity contribution in [2.45, 2.75) is 225 Å². The summed E-state index contributed by atoms with van der Waals surface area (Å²) in [6.45, 7) is 13.8. The molecule has 0 amide bonds. The molecule has 5 nitrogen and oxygen atoms in total. The van der Waals surface area contributed by atoms with E-state index in [4.69, 9.17) is 15.0 Å². The minimum absolute atomic E-state index is 0.554. The molecule has 0 atom stereocenters. The van der Waals surface area contributed by atoms with Gasteiger partial charge in [-0.3, -0.25) is 0 Å². The Morgan fingerprint density at radius 1 is 0.368 bits per heavy atom. The lowest BCUT2D eigenvalue weighted by Gasteiger charge is -2.18. The summed E-state index contributed by atoms with van der Waals surface area (Å²) in [6.07, 6.45) is 30.7. The summed E-state index contributed by atoms with van der Waals surface area (Å²) in [4.78, 5) is 23.9. The number of nitrogens with zero attached hydrogens (tertiary/aromatic N) is 3. The van der Waals surface area contributed by atoms with Crippen LogP contribution in [-0.4, -0.2) is 49.5 Å². The van der Waals surface area contributed by atoms with E-state index in [1.165, 1.54) is 183 Å². The van der Waals surface area contributed by atoms with Gasteiger partial charge in [-0.25, -0.2) is 0 Å². The fraction of sp³-hybridized carbons (Fsp3) is 0.632. The van der Waals surface area contributed by atoms with Crippen molar-refractivity contribution >= 4 is 93.8 Å². The Morgan fingerprint density at radius 2 is 0.662 bits per heavy atom. The van der Waals surface area contributed by atoms with Crippen molar-refractivity contribution in [3.05, 3.63) is 54.6 Å². The van der Waals surface area contributed by atoms with E-state index in [0.29, 0.717) is 17.7 Å². The molecule has 0 saturated heterocycles. The monoisotopic (exact) mass is 1030 g/mol. The predicted octanol–water partition coefficient (Wildman–Crippen LogP) is 20.9. The third kappa shape index (κ3) is 23.7. The smallest absolute Gasteiger partial charge is 0.232 e. The van der Waals surface area contributed by atoms with Crippen molar-refractivity contribution in [2.24, 2.45) is 0 Å². The Labute approximate surface area is 441 Å². The van der Waals surface area contributed by atoms with E-state index in [0.717, 1.165) is 51.5 Å². The summed E-state index contributed by atoms with van der Waals surface area (Å²) < 4.78 is 0. The van der Waals surface area contributed by atoms with Crippen molar-refractivity contribution in [2.75, 3.05) is 45.2 Å². The molecule has 0 aliphatic heterocycles. The number of nitrogens with one attached hydrogen (secondary N) is 2. The summed E-state index contributed by atoms with van der Waals surface area (Å²) in [5.41, 5.74) is 3.03. The third-order valence-corrected chi connectivity index (χ3v) is 19.1. The quantitative estimate of drug-likeness (QED) is 0.0330. The average molecular weight is 1040 g/mol. The minimum Gasteiger partial charge on any atom is -0.324 e. The Morgan fingerprint density at radius 3 is 0.956 bits per heavy atom. The SMILES string of the molecule is CCCCCCSc1cc(Nc2nc(Nc3cc(SCCCCCC)c(SCCCCCC)c(SCCCCCC)c3)nc(-c3cc[c]cc3)n2)cc(SCCCCCC)c1SCCCCCC. The number of rotatable bonds is 41. The zero-order valence-corrected chi connectivity index (χ0v) is 48.0. The van der Waals surface area contributed by atoms with Crippen LogP contribution in [0.5, 0.6) is 0 Å². The van der Waals surface area contributed by atoms with Crippen LogP contribution in [0.3, 0.4) is 0 Å². The van der Waals surface area contributed by atoms with Gasteiger partial charge in [-0.05, 0) is 103 Å². The molecular formula is C57H88N5S6. The lowest BCUT2D eigenvalue weighted by Crippen LogP contribution is -2.06. The first-order valence-electron chi connectivity index (χ1n) is 26.9. The van der Waals surface area contributed by atoms with Gasteiger partial charge in [-0.1, -0.05) is 181 Å². The Kier molecular flexibility index (Phi) is 33.0. The van der Waals surface area contributed by atoms with Crippen LogP contribution in [0.15, 0.2) is 77.9 Å². The zero-order chi connectivity index (χ0) is 48.3. The molecule has 0 saturated carbocycles. The predicted molar refractivity (Wildman–Crippen MR) is 313 cm³/mol. The highest BCUT2D eigenvalue weighted by Gasteiger charge is 2.18. The normalized spacial score (nSPS) is 11.4. The van der Waals surface area contributed by atoms with E-state index in [9.17, 15) is 0 Å². The average Bonchev–Trinajstić information content (AvgIpc) is 3.35. The van der Waals surface area contributed by atoms with Crippen LogP contribution < -0.4 is 10.6 Å². The van der Waals surface area contributed by atoms with Gasteiger partial charge in [0.05, 0.1) is 0 Å². The van der Waals surface area contributed by atoms with Crippen molar-refractivity contribution in [1.29, 1.82) is 0 Å². The molecule has 4 rings (SSSR count). The molecule has 4 aromatic rings. The molecular weight excluding hydrogens is 947 g/mol. The summed E-state index contributed by atoms with van der Waals surface area (Å²) in [6, 6.07) is 20.7. The second kappa shape index (κ2) is 38.1. The minimum atomic E-state index is 0.554. The van der Waals surface area contributed by atoms with Gasteiger partial charge in [-0.15, -0.1) is 70.6 Å².